The molecule has 1 aromatic carbocycles. The second-order valence-corrected chi connectivity index (χ2v) is 5.35. The Morgan fingerprint density at radius 3 is 2.67 bits per heavy atom. The van der Waals surface area contributed by atoms with Gasteiger partial charge in [0.05, 0.1) is 12.8 Å². The summed E-state index contributed by atoms with van der Waals surface area (Å²) in [6.07, 6.45) is 1.29. The number of ether oxygens (including phenoxy) is 1. The van der Waals surface area contributed by atoms with Crippen molar-refractivity contribution in [3.05, 3.63) is 24.0 Å². The van der Waals surface area contributed by atoms with E-state index in [1.165, 1.54) is 12.5 Å². The molecule has 2 aliphatic rings. The lowest BCUT2D eigenvalue weighted by Gasteiger charge is -2.43. The zero-order valence-corrected chi connectivity index (χ0v) is 10.7. The first-order valence-electron chi connectivity index (χ1n) is 6.55. The zero-order valence-electron chi connectivity index (χ0n) is 10.7. The van der Waals surface area contributed by atoms with Crippen LogP contribution < -0.4 is 15.0 Å². The van der Waals surface area contributed by atoms with Crippen molar-refractivity contribution in [2.45, 2.75) is 6.42 Å². The van der Waals surface area contributed by atoms with Gasteiger partial charge in [0.15, 0.2) is 0 Å². The third kappa shape index (κ3) is 2.17. The summed E-state index contributed by atoms with van der Waals surface area (Å²) in [4.78, 5) is 2.28. The lowest BCUT2D eigenvalue weighted by atomic mass is 9.85. The molecule has 3 rings (SSSR count). The molecule has 0 radical (unpaired) electrons. The summed E-state index contributed by atoms with van der Waals surface area (Å²) in [5.74, 6) is 1.92. The standard InChI is InChI=1S/C14H19FN2O/c1-18-14-3-2-12(15)5-13(14)17-8-10-4-11(9-17)7-16-6-10/h2-3,5,10-11,16H,4,6-9H2,1H3. The fourth-order valence-electron chi connectivity index (χ4n) is 3.21. The molecule has 1 N–H and O–H groups in total. The van der Waals surface area contributed by atoms with E-state index in [-0.39, 0.29) is 5.82 Å². The van der Waals surface area contributed by atoms with Crippen LogP contribution in [0.2, 0.25) is 0 Å². The summed E-state index contributed by atoms with van der Waals surface area (Å²) < 4.78 is 18.8. The Balaban J connectivity index is 1.87. The van der Waals surface area contributed by atoms with Crippen molar-refractivity contribution in [3.8, 4) is 5.75 Å². The second-order valence-electron chi connectivity index (χ2n) is 5.35. The number of anilines is 1. The maximum Gasteiger partial charge on any atom is 0.142 e. The highest BCUT2D eigenvalue weighted by Crippen LogP contribution is 2.34. The predicted molar refractivity (Wildman–Crippen MR) is 69.6 cm³/mol. The van der Waals surface area contributed by atoms with Crippen LogP contribution in [0.5, 0.6) is 5.75 Å². The molecule has 18 heavy (non-hydrogen) atoms. The van der Waals surface area contributed by atoms with Gasteiger partial charge in [-0.2, -0.15) is 0 Å². The lowest BCUT2D eigenvalue weighted by molar-refractivity contribution is 0.248. The van der Waals surface area contributed by atoms with Crippen LogP contribution in [0, 0.1) is 17.7 Å². The molecule has 2 saturated heterocycles. The van der Waals surface area contributed by atoms with Crippen molar-refractivity contribution in [3.63, 3.8) is 0 Å². The van der Waals surface area contributed by atoms with E-state index < -0.39 is 0 Å². The first-order chi connectivity index (χ1) is 8.76. The van der Waals surface area contributed by atoms with Gasteiger partial charge >= 0.3 is 0 Å². The molecular weight excluding hydrogens is 231 g/mol. The van der Waals surface area contributed by atoms with Gasteiger partial charge in [0.2, 0.25) is 0 Å². The minimum absolute atomic E-state index is 0.195. The first kappa shape index (κ1) is 11.8. The Morgan fingerprint density at radius 1 is 1.28 bits per heavy atom. The van der Waals surface area contributed by atoms with Crippen molar-refractivity contribution in [1.82, 2.24) is 5.32 Å². The number of rotatable bonds is 2. The van der Waals surface area contributed by atoms with E-state index >= 15 is 0 Å². The number of piperidine rings is 2. The van der Waals surface area contributed by atoms with E-state index in [2.05, 4.69) is 10.2 Å². The van der Waals surface area contributed by atoms with Crippen molar-refractivity contribution >= 4 is 5.69 Å². The topological polar surface area (TPSA) is 24.5 Å². The second kappa shape index (κ2) is 4.76. The van der Waals surface area contributed by atoms with E-state index in [1.807, 2.05) is 0 Å². The number of nitrogens with one attached hydrogen (secondary N) is 1. The van der Waals surface area contributed by atoms with Gasteiger partial charge in [-0.3, -0.25) is 0 Å². The first-order valence-corrected chi connectivity index (χ1v) is 6.55. The quantitative estimate of drug-likeness (QED) is 0.867. The maximum atomic E-state index is 13.4. The number of benzene rings is 1. The number of hydrogen-bond donors (Lipinski definition) is 1. The van der Waals surface area contributed by atoms with Crippen molar-refractivity contribution < 1.29 is 9.13 Å². The van der Waals surface area contributed by atoms with Crippen LogP contribution in [0.25, 0.3) is 0 Å². The highest BCUT2D eigenvalue weighted by atomic mass is 19.1. The van der Waals surface area contributed by atoms with Gasteiger partial charge in [-0.1, -0.05) is 0 Å². The van der Waals surface area contributed by atoms with Gasteiger partial charge in [0, 0.05) is 19.2 Å². The van der Waals surface area contributed by atoms with Crippen LogP contribution in [0.1, 0.15) is 6.42 Å². The van der Waals surface area contributed by atoms with Crippen LogP contribution in [0.4, 0.5) is 10.1 Å². The van der Waals surface area contributed by atoms with E-state index in [0.717, 1.165) is 37.6 Å². The summed E-state index contributed by atoms with van der Waals surface area (Å²) in [7, 11) is 1.64. The minimum Gasteiger partial charge on any atom is -0.495 e. The molecule has 2 bridgehead atoms. The fourth-order valence-corrected chi connectivity index (χ4v) is 3.21. The molecule has 4 heteroatoms. The van der Waals surface area contributed by atoms with Crippen molar-refractivity contribution in [2.24, 2.45) is 11.8 Å². The smallest absolute Gasteiger partial charge is 0.142 e. The Bertz CT molecular complexity index is 426. The molecule has 3 nitrogen and oxygen atoms in total. The van der Waals surface area contributed by atoms with Gasteiger partial charge < -0.3 is 15.0 Å². The van der Waals surface area contributed by atoms with E-state index in [1.54, 1.807) is 19.2 Å². The molecule has 2 atom stereocenters. The van der Waals surface area contributed by atoms with Crippen LogP contribution in [0.3, 0.4) is 0 Å². The van der Waals surface area contributed by atoms with E-state index in [4.69, 9.17) is 4.74 Å². The summed E-state index contributed by atoms with van der Waals surface area (Å²) in [5, 5.41) is 3.47. The average Bonchev–Trinajstić information content (AvgIpc) is 2.38. The number of nitrogens with zero attached hydrogens (tertiary/aromatic N) is 1. The molecule has 2 aliphatic heterocycles. The fraction of sp³-hybridized carbons (Fsp3) is 0.571. The highest BCUT2D eigenvalue weighted by molar-refractivity contribution is 5.59. The lowest BCUT2D eigenvalue weighted by Crippen LogP contribution is -2.51. The number of fused-ring (bicyclic) bond motifs is 2. The predicted octanol–water partition coefficient (Wildman–Crippen LogP) is 1.88. The van der Waals surface area contributed by atoms with Crippen molar-refractivity contribution in [2.75, 3.05) is 38.2 Å². The Labute approximate surface area is 107 Å². The Morgan fingerprint density at radius 2 is 2.00 bits per heavy atom. The molecule has 2 unspecified atom stereocenters. The summed E-state index contributed by atoms with van der Waals surface area (Å²) in [6.45, 7) is 4.13. The highest BCUT2D eigenvalue weighted by Gasteiger charge is 2.31. The van der Waals surface area contributed by atoms with Crippen molar-refractivity contribution in [1.29, 1.82) is 0 Å². The number of hydrogen-bond acceptors (Lipinski definition) is 3. The summed E-state index contributed by atoms with van der Waals surface area (Å²) >= 11 is 0. The van der Waals surface area contributed by atoms with Crippen LogP contribution in [-0.4, -0.2) is 33.3 Å². The maximum absolute atomic E-state index is 13.4. The largest absolute Gasteiger partial charge is 0.495 e. The third-order valence-corrected chi connectivity index (χ3v) is 3.97. The summed E-state index contributed by atoms with van der Waals surface area (Å²) in [5.41, 5.74) is 0.897. The molecule has 0 amide bonds. The SMILES string of the molecule is COc1ccc(F)cc1N1CC2CNCC(C2)C1. The van der Waals surface area contributed by atoms with Gasteiger partial charge in [0.1, 0.15) is 11.6 Å². The minimum atomic E-state index is -0.195. The van der Waals surface area contributed by atoms with Crippen LogP contribution in [0.15, 0.2) is 18.2 Å². The molecule has 0 aliphatic carbocycles. The van der Waals surface area contributed by atoms with E-state index in [9.17, 15) is 4.39 Å². The van der Waals surface area contributed by atoms with Crippen LogP contribution >= 0.6 is 0 Å². The normalized spacial score (nSPS) is 27.1. The monoisotopic (exact) mass is 250 g/mol. The van der Waals surface area contributed by atoms with Gasteiger partial charge in [-0.05, 0) is 43.5 Å². The molecule has 0 spiro atoms. The van der Waals surface area contributed by atoms with Gasteiger partial charge in [-0.15, -0.1) is 0 Å². The Hall–Kier alpha value is -1.29. The number of halogens is 1. The molecular formula is C14H19FN2O. The molecule has 1 aromatic rings. The number of methoxy groups -OCH3 is 1. The Kier molecular flexibility index (Phi) is 3.12. The third-order valence-electron chi connectivity index (χ3n) is 3.97. The van der Waals surface area contributed by atoms with Crippen LogP contribution in [-0.2, 0) is 0 Å². The molecule has 0 aromatic heterocycles. The summed E-state index contributed by atoms with van der Waals surface area (Å²) in [6, 6.07) is 4.76. The molecule has 2 heterocycles. The van der Waals surface area contributed by atoms with E-state index in [0.29, 0.717) is 11.8 Å². The zero-order chi connectivity index (χ0) is 12.5. The molecule has 98 valence electrons. The average molecular weight is 250 g/mol. The van der Waals surface area contributed by atoms with Gasteiger partial charge in [-0.25, -0.2) is 4.39 Å². The molecule has 2 fully saturated rings. The molecule has 0 saturated carbocycles. The van der Waals surface area contributed by atoms with Gasteiger partial charge in [0.25, 0.3) is 0 Å².